The van der Waals surface area contributed by atoms with Crippen molar-refractivity contribution in [3.05, 3.63) is 12.1 Å². The molecule has 6 nitrogen and oxygen atoms in total. The fourth-order valence-corrected chi connectivity index (χ4v) is 3.15. The Hall–Kier alpha value is -1.69. The van der Waals surface area contributed by atoms with Crippen LogP contribution in [0.3, 0.4) is 0 Å². The number of aromatic nitrogens is 2. The highest BCUT2D eigenvalue weighted by Crippen LogP contribution is 2.22. The lowest BCUT2D eigenvalue weighted by molar-refractivity contribution is -0.122. The summed E-state index contributed by atoms with van der Waals surface area (Å²) >= 11 is 0. The molecule has 2 aliphatic rings. The zero-order chi connectivity index (χ0) is 15.4. The molecule has 1 aromatic heterocycles. The van der Waals surface area contributed by atoms with Gasteiger partial charge in [-0.15, -0.1) is 10.2 Å². The maximum Gasteiger partial charge on any atom is 0.228 e. The van der Waals surface area contributed by atoms with Crippen molar-refractivity contribution in [1.29, 1.82) is 0 Å². The number of nitrogens with one attached hydrogen (secondary N) is 1. The number of amides is 1. The molecule has 0 aromatic carbocycles. The summed E-state index contributed by atoms with van der Waals surface area (Å²) in [5, 5.41) is 11.3. The number of hydrogen-bond donors (Lipinski definition) is 1. The van der Waals surface area contributed by atoms with Gasteiger partial charge in [-0.25, -0.2) is 0 Å². The molecule has 6 heteroatoms. The lowest BCUT2D eigenvalue weighted by Gasteiger charge is -2.31. The van der Waals surface area contributed by atoms with Crippen LogP contribution < -0.4 is 10.2 Å². The second-order valence-corrected chi connectivity index (χ2v) is 6.35. The van der Waals surface area contributed by atoms with E-state index in [4.69, 9.17) is 4.74 Å². The summed E-state index contributed by atoms with van der Waals surface area (Å²) in [6.07, 6.45) is 4.04. The maximum absolute atomic E-state index is 12.2. The monoisotopic (exact) mass is 304 g/mol. The molecule has 0 radical (unpaired) electrons. The minimum Gasteiger partial charge on any atom is -0.381 e. The van der Waals surface area contributed by atoms with Gasteiger partial charge in [-0.1, -0.05) is 6.92 Å². The Morgan fingerprint density at radius 3 is 2.77 bits per heavy atom. The number of rotatable bonds is 3. The molecule has 0 bridgehead atoms. The number of piperidine rings is 1. The van der Waals surface area contributed by atoms with Crippen LogP contribution in [-0.4, -0.2) is 42.4 Å². The molecule has 1 amide bonds. The van der Waals surface area contributed by atoms with E-state index >= 15 is 0 Å². The zero-order valence-electron chi connectivity index (χ0n) is 13.1. The van der Waals surface area contributed by atoms with Gasteiger partial charge in [0.25, 0.3) is 0 Å². The van der Waals surface area contributed by atoms with Gasteiger partial charge in [0.05, 0.1) is 0 Å². The Kier molecular flexibility index (Phi) is 4.87. The number of carbonyl (C=O) groups excluding carboxylic acids is 1. The summed E-state index contributed by atoms with van der Waals surface area (Å²) in [7, 11) is 0. The minimum atomic E-state index is 0.0249. The van der Waals surface area contributed by atoms with Crippen molar-refractivity contribution in [2.24, 2.45) is 11.8 Å². The van der Waals surface area contributed by atoms with Crippen molar-refractivity contribution in [3.63, 3.8) is 0 Å². The quantitative estimate of drug-likeness (QED) is 0.926. The molecule has 3 rings (SSSR count). The summed E-state index contributed by atoms with van der Waals surface area (Å²) in [6.45, 7) is 5.66. The number of carbonyl (C=O) groups is 1. The fourth-order valence-electron chi connectivity index (χ4n) is 3.15. The first-order chi connectivity index (χ1) is 10.7. The number of ether oxygens (including phenoxy) is 1. The van der Waals surface area contributed by atoms with E-state index in [1.165, 1.54) is 12.8 Å². The Labute approximate surface area is 131 Å². The highest BCUT2D eigenvalue weighted by molar-refractivity contribution is 5.91. The van der Waals surface area contributed by atoms with Gasteiger partial charge in [-0.3, -0.25) is 4.79 Å². The topological polar surface area (TPSA) is 67.4 Å². The van der Waals surface area contributed by atoms with Crippen LogP contribution in [0.4, 0.5) is 11.6 Å². The van der Waals surface area contributed by atoms with Crippen LogP contribution in [0.1, 0.15) is 32.6 Å². The third-order valence-corrected chi connectivity index (χ3v) is 4.47. The standard InChI is InChI=1S/C16H24N4O2/c1-12-3-2-8-20(11-12)15-5-4-14(18-19-15)17-16(21)13-6-9-22-10-7-13/h4-5,12-13H,2-3,6-11H2,1H3,(H,17,18,21). The van der Waals surface area contributed by atoms with E-state index in [2.05, 4.69) is 27.3 Å². The first-order valence-corrected chi connectivity index (χ1v) is 8.19. The highest BCUT2D eigenvalue weighted by Gasteiger charge is 2.22. The van der Waals surface area contributed by atoms with Gasteiger partial charge < -0.3 is 15.0 Å². The van der Waals surface area contributed by atoms with Crippen LogP contribution in [0.2, 0.25) is 0 Å². The molecule has 3 heterocycles. The van der Waals surface area contributed by atoms with Gasteiger partial charge in [0, 0.05) is 32.2 Å². The zero-order valence-corrected chi connectivity index (χ0v) is 13.1. The van der Waals surface area contributed by atoms with Crippen molar-refractivity contribution in [1.82, 2.24) is 10.2 Å². The molecule has 1 aromatic rings. The fraction of sp³-hybridized carbons (Fsp3) is 0.688. The summed E-state index contributed by atoms with van der Waals surface area (Å²) in [6, 6.07) is 3.80. The average Bonchev–Trinajstić information content (AvgIpc) is 2.56. The normalized spacial score (nSPS) is 23.3. The smallest absolute Gasteiger partial charge is 0.228 e. The van der Waals surface area contributed by atoms with E-state index in [9.17, 15) is 4.79 Å². The van der Waals surface area contributed by atoms with Gasteiger partial charge in [-0.05, 0) is 43.7 Å². The lowest BCUT2D eigenvalue weighted by Crippen LogP contribution is -2.35. The molecule has 1 unspecified atom stereocenters. The van der Waals surface area contributed by atoms with Crippen LogP contribution in [0.5, 0.6) is 0 Å². The maximum atomic E-state index is 12.2. The lowest BCUT2D eigenvalue weighted by atomic mass is 9.99. The molecule has 2 aliphatic heterocycles. The van der Waals surface area contributed by atoms with Crippen LogP contribution in [0.25, 0.3) is 0 Å². The predicted octanol–water partition coefficient (Wildman–Crippen LogP) is 2.08. The highest BCUT2D eigenvalue weighted by atomic mass is 16.5. The largest absolute Gasteiger partial charge is 0.381 e. The molecule has 0 aliphatic carbocycles. The van der Waals surface area contributed by atoms with Gasteiger partial charge in [-0.2, -0.15) is 0 Å². The van der Waals surface area contributed by atoms with Gasteiger partial charge in [0.1, 0.15) is 0 Å². The van der Waals surface area contributed by atoms with E-state index in [1.54, 1.807) is 0 Å². The Morgan fingerprint density at radius 2 is 2.09 bits per heavy atom. The van der Waals surface area contributed by atoms with E-state index in [0.717, 1.165) is 31.7 Å². The first kappa shape index (κ1) is 15.2. The number of nitrogens with zero attached hydrogens (tertiary/aromatic N) is 3. The van der Waals surface area contributed by atoms with Gasteiger partial charge >= 0.3 is 0 Å². The number of hydrogen-bond acceptors (Lipinski definition) is 5. The molecule has 2 fully saturated rings. The molecule has 1 N–H and O–H groups in total. The molecule has 2 saturated heterocycles. The average molecular weight is 304 g/mol. The van der Waals surface area contributed by atoms with Gasteiger partial charge in [0.15, 0.2) is 11.6 Å². The summed E-state index contributed by atoms with van der Waals surface area (Å²) in [5.74, 6) is 2.18. The van der Waals surface area contributed by atoms with Crippen molar-refractivity contribution in [2.75, 3.05) is 36.5 Å². The molecule has 0 spiro atoms. The number of anilines is 2. The molecule has 120 valence electrons. The van der Waals surface area contributed by atoms with Crippen molar-refractivity contribution in [2.45, 2.75) is 32.6 Å². The van der Waals surface area contributed by atoms with E-state index in [1.807, 2.05) is 12.1 Å². The van der Waals surface area contributed by atoms with E-state index in [0.29, 0.717) is 24.9 Å². The Balaban J connectivity index is 1.58. The van der Waals surface area contributed by atoms with Crippen molar-refractivity contribution in [3.8, 4) is 0 Å². The molecule has 1 atom stereocenters. The van der Waals surface area contributed by atoms with Crippen LogP contribution in [-0.2, 0) is 9.53 Å². The summed E-state index contributed by atoms with van der Waals surface area (Å²) < 4.78 is 5.28. The first-order valence-electron chi connectivity index (χ1n) is 8.19. The third-order valence-electron chi connectivity index (χ3n) is 4.47. The molecular formula is C16H24N4O2. The van der Waals surface area contributed by atoms with Gasteiger partial charge in [0.2, 0.25) is 5.91 Å². The SMILES string of the molecule is CC1CCCN(c2ccc(NC(=O)C3CCOCC3)nn2)C1. The predicted molar refractivity (Wildman–Crippen MR) is 84.8 cm³/mol. The molecule has 0 saturated carbocycles. The van der Waals surface area contributed by atoms with Crippen molar-refractivity contribution < 1.29 is 9.53 Å². The van der Waals surface area contributed by atoms with Crippen LogP contribution in [0, 0.1) is 11.8 Å². The summed E-state index contributed by atoms with van der Waals surface area (Å²) in [4.78, 5) is 14.4. The molecule has 22 heavy (non-hydrogen) atoms. The van der Waals surface area contributed by atoms with E-state index < -0.39 is 0 Å². The molecular weight excluding hydrogens is 280 g/mol. The minimum absolute atomic E-state index is 0.0249. The van der Waals surface area contributed by atoms with Crippen molar-refractivity contribution >= 4 is 17.5 Å². The van der Waals surface area contributed by atoms with E-state index in [-0.39, 0.29) is 11.8 Å². The second-order valence-electron chi connectivity index (χ2n) is 6.35. The Bertz CT molecular complexity index is 499. The van der Waals surface area contributed by atoms with Crippen LogP contribution >= 0.6 is 0 Å². The summed E-state index contributed by atoms with van der Waals surface area (Å²) in [5.41, 5.74) is 0. The van der Waals surface area contributed by atoms with Crippen LogP contribution in [0.15, 0.2) is 12.1 Å². The second kappa shape index (κ2) is 7.05. The third kappa shape index (κ3) is 3.74. The Morgan fingerprint density at radius 1 is 1.27 bits per heavy atom.